The number of para-hydroxylation sites is 1. The summed E-state index contributed by atoms with van der Waals surface area (Å²) < 4.78 is 1.69. The summed E-state index contributed by atoms with van der Waals surface area (Å²) in [6, 6.07) is 15.0. The van der Waals surface area contributed by atoms with Gasteiger partial charge in [0.15, 0.2) is 0 Å². The molecule has 1 heterocycles. The molecular formula is C18H17N3O2. The molecule has 0 aliphatic heterocycles. The van der Waals surface area contributed by atoms with Crippen molar-refractivity contribution in [3.05, 3.63) is 77.6 Å². The van der Waals surface area contributed by atoms with E-state index in [2.05, 4.69) is 10.4 Å². The first-order valence-electron chi connectivity index (χ1n) is 7.29. The molecule has 2 N–H and O–H groups in total. The van der Waals surface area contributed by atoms with Gasteiger partial charge in [-0.2, -0.15) is 5.10 Å². The van der Waals surface area contributed by atoms with Crippen LogP contribution in [0.2, 0.25) is 0 Å². The molecule has 23 heavy (non-hydrogen) atoms. The van der Waals surface area contributed by atoms with Crippen LogP contribution < -0.4 is 5.32 Å². The molecule has 0 atom stereocenters. The number of aryl methyl sites for hydroxylation is 1. The molecule has 3 rings (SSSR count). The number of aliphatic hydroxyl groups is 1. The minimum Gasteiger partial charge on any atom is -0.392 e. The number of aliphatic hydroxyl groups excluding tert-OH is 1. The Morgan fingerprint density at radius 1 is 1.22 bits per heavy atom. The fourth-order valence-electron chi connectivity index (χ4n) is 2.34. The normalized spacial score (nSPS) is 10.5. The number of benzene rings is 2. The van der Waals surface area contributed by atoms with Crippen LogP contribution in [0, 0.1) is 6.92 Å². The lowest BCUT2D eigenvalue weighted by Gasteiger charge is -2.06. The molecule has 5 heteroatoms. The molecule has 1 aromatic heterocycles. The van der Waals surface area contributed by atoms with E-state index in [-0.39, 0.29) is 12.5 Å². The van der Waals surface area contributed by atoms with Crippen molar-refractivity contribution in [3.8, 4) is 5.69 Å². The van der Waals surface area contributed by atoms with E-state index in [4.69, 9.17) is 5.11 Å². The lowest BCUT2D eigenvalue weighted by Crippen LogP contribution is -2.11. The Kier molecular flexibility index (Phi) is 4.21. The van der Waals surface area contributed by atoms with Gasteiger partial charge in [0.1, 0.15) is 0 Å². The largest absolute Gasteiger partial charge is 0.392 e. The Bertz CT molecular complexity index is 840. The van der Waals surface area contributed by atoms with Crippen LogP contribution in [0.25, 0.3) is 5.69 Å². The van der Waals surface area contributed by atoms with E-state index in [9.17, 15) is 4.79 Å². The lowest BCUT2D eigenvalue weighted by molar-refractivity contribution is 0.102. The van der Waals surface area contributed by atoms with Gasteiger partial charge in [-0.25, -0.2) is 4.68 Å². The highest BCUT2D eigenvalue weighted by Gasteiger charge is 2.11. The average molecular weight is 307 g/mol. The van der Waals surface area contributed by atoms with Crippen molar-refractivity contribution in [3.63, 3.8) is 0 Å². The first-order chi connectivity index (χ1) is 11.2. The number of aromatic nitrogens is 2. The molecule has 5 nitrogen and oxygen atoms in total. The van der Waals surface area contributed by atoms with Crippen LogP contribution in [-0.2, 0) is 6.61 Å². The Balaban J connectivity index is 1.80. The first kappa shape index (κ1) is 15.0. The summed E-state index contributed by atoms with van der Waals surface area (Å²) in [5.41, 5.74) is 3.89. The highest BCUT2D eigenvalue weighted by Crippen LogP contribution is 2.15. The summed E-state index contributed by atoms with van der Waals surface area (Å²) in [6.07, 6.45) is 3.24. The number of carbonyl (C=O) groups is 1. The van der Waals surface area contributed by atoms with Gasteiger partial charge in [0.2, 0.25) is 0 Å². The summed E-state index contributed by atoms with van der Waals surface area (Å²) in [5.74, 6) is -0.236. The standard InChI is InChI=1S/C18H17N3O2/c1-13-5-2-3-8-17(13)21-11-15(10-19-21)18(23)20-16-7-4-6-14(9-16)12-22/h2-11,22H,12H2,1H3,(H,20,23). The molecule has 0 fully saturated rings. The molecular weight excluding hydrogens is 290 g/mol. The van der Waals surface area contributed by atoms with E-state index in [1.54, 1.807) is 35.1 Å². The zero-order chi connectivity index (χ0) is 16.2. The van der Waals surface area contributed by atoms with Gasteiger partial charge in [-0.05, 0) is 36.2 Å². The summed E-state index contributed by atoms with van der Waals surface area (Å²) in [5, 5.41) is 16.2. The van der Waals surface area contributed by atoms with Crippen molar-refractivity contribution in [1.29, 1.82) is 0 Å². The number of carbonyl (C=O) groups excluding carboxylic acids is 1. The molecule has 2 aromatic carbocycles. The molecule has 0 saturated carbocycles. The highest BCUT2D eigenvalue weighted by atomic mass is 16.3. The van der Waals surface area contributed by atoms with E-state index in [0.29, 0.717) is 11.3 Å². The second-order valence-electron chi connectivity index (χ2n) is 5.27. The maximum absolute atomic E-state index is 12.3. The van der Waals surface area contributed by atoms with Crippen molar-refractivity contribution in [2.45, 2.75) is 13.5 Å². The predicted octanol–water partition coefficient (Wildman–Crippen LogP) is 2.93. The van der Waals surface area contributed by atoms with Gasteiger partial charge in [0, 0.05) is 11.9 Å². The zero-order valence-corrected chi connectivity index (χ0v) is 12.7. The number of nitrogens with zero attached hydrogens (tertiary/aromatic N) is 2. The minimum absolute atomic E-state index is 0.0606. The lowest BCUT2D eigenvalue weighted by atomic mass is 10.2. The third-order valence-electron chi connectivity index (χ3n) is 3.57. The van der Waals surface area contributed by atoms with Gasteiger partial charge in [0.05, 0.1) is 24.1 Å². The van der Waals surface area contributed by atoms with Gasteiger partial charge in [0.25, 0.3) is 5.91 Å². The number of hydrogen-bond donors (Lipinski definition) is 2. The van der Waals surface area contributed by atoms with Crippen LogP contribution in [0.3, 0.4) is 0 Å². The topological polar surface area (TPSA) is 67.2 Å². The van der Waals surface area contributed by atoms with Crippen molar-refractivity contribution in [2.24, 2.45) is 0 Å². The number of amides is 1. The zero-order valence-electron chi connectivity index (χ0n) is 12.7. The van der Waals surface area contributed by atoms with E-state index in [1.165, 1.54) is 6.20 Å². The smallest absolute Gasteiger partial charge is 0.258 e. The van der Waals surface area contributed by atoms with Gasteiger partial charge in [-0.15, -0.1) is 0 Å². The third kappa shape index (κ3) is 3.30. The molecule has 116 valence electrons. The number of nitrogens with one attached hydrogen (secondary N) is 1. The van der Waals surface area contributed by atoms with Crippen molar-refractivity contribution in [2.75, 3.05) is 5.32 Å². The Morgan fingerprint density at radius 2 is 2.04 bits per heavy atom. The van der Waals surface area contributed by atoms with Crippen LogP contribution in [0.5, 0.6) is 0 Å². The molecule has 3 aromatic rings. The van der Waals surface area contributed by atoms with Gasteiger partial charge < -0.3 is 10.4 Å². The fraction of sp³-hybridized carbons (Fsp3) is 0.111. The van der Waals surface area contributed by atoms with E-state index < -0.39 is 0 Å². The minimum atomic E-state index is -0.236. The first-order valence-corrected chi connectivity index (χ1v) is 7.29. The van der Waals surface area contributed by atoms with Gasteiger partial charge in [-0.1, -0.05) is 30.3 Å². The molecule has 0 unspecified atom stereocenters. The quantitative estimate of drug-likeness (QED) is 0.779. The molecule has 0 aliphatic carbocycles. The molecule has 0 aliphatic rings. The van der Waals surface area contributed by atoms with Crippen molar-refractivity contribution in [1.82, 2.24) is 9.78 Å². The summed E-state index contributed by atoms with van der Waals surface area (Å²) in [6.45, 7) is 1.94. The molecule has 1 amide bonds. The Morgan fingerprint density at radius 3 is 2.83 bits per heavy atom. The SMILES string of the molecule is Cc1ccccc1-n1cc(C(=O)Nc2cccc(CO)c2)cn1. The van der Waals surface area contributed by atoms with Crippen LogP contribution in [-0.4, -0.2) is 20.8 Å². The monoisotopic (exact) mass is 307 g/mol. The third-order valence-corrected chi connectivity index (χ3v) is 3.57. The van der Waals surface area contributed by atoms with Crippen LogP contribution in [0.15, 0.2) is 60.9 Å². The Hall–Kier alpha value is -2.92. The van der Waals surface area contributed by atoms with Crippen molar-refractivity contribution < 1.29 is 9.90 Å². The van der Waals surface area contributed by atoms with Gasteiger partial charge in [-0.3, -0.25) is 4.79 Å². The predicted molar refractivity (Wildman–Crippen MR) is 88.6 cm³/mol. The van der Waals surface area contributed by atoms with Crippen molar-refractivity contribution >= 4 is 11.6 Å². The summed E-state index contributed by atoms with van der Waals surface area (Å²) >= 11 is 0. The van der Waals surface area contributed by atoms with Crippen LogP contribution >= 0.6 is 0 Å². The average Bonchev–Trinajstić information content (AvgIpc) is 3.05. The van der Waals surface area contributed by atoms with Gasteiger partial charge >= 0.3 is 0 Å². The Labute approximate surface area is 134 Å². The summed E-state index contributed by atoms with van der Waals surface area (Å²) in [4.78, 5) is 12.3. The number of anilines is 1. The van der Waals surface area contributed by atoms with Crippen LogP contribution in [0.1, 0.15) is 21.5 Å². The van der Waals surface area contributed by atoms with E-state index >= 15 is 0 Å². The summed E-state index contributed by atoms with van der Waals surface area (Å²) in [7, 11) is 0. The van der Waals surface area contributed by atoms with Crippen LogP contribution in [0.4, 0.5) is 5.69 Å². The fourth-order valence-corrected chi connectivity index (χ4v) is 2.34. The van der Waals surface area contributed by atoms with E-state index in [0.717, 1.165) is 16.8 Å². The molecule has 0 radical (unpaired) electrons. The number of rotatable bonds is 4. The molecule has 0 saturated heterocycles. The molecule has 0 spiro atoms. The second-order valence-corrected chi connectivity index (χ2v) is 5.27. The maximum Gasteiger partial charge on any atom is 0.258 e. The molecule has 0 bridgehead atoms. The number of hydrogen-bond acceptors (Lipinski definition) is 3. The maximum atomic E-state index is 12.3. The highest BCUT2D eigenvalue weighted by molar-refractivity contribution is 6.04. The van der Waals surface area contributed by atoms with E-state index in [1.807, 2.05) is 31.2 Å². The second kappa shape index (κ2) is 6.46.